The number of para-hydroxylation sites is 1. The Labute approximate surface area is 138 Å². The van der Waals surface area contributed by atoms with Gasteiger partial charge in [0.1, 0.15) is 4.38 Å². The lowest BCUT2D eigenvalue weighted by atomic mass is 10.1. The molecule has 114 valence electrons. The molecule has 0 saturated carbocycles. The first-order valence-corrected chi connectivity index (χ1v) is 9.16. The van der Waals surface area contributed by atoms with E-state index in [-0.39, 0.29) is 5.91 Å². The molecule has 3 rings (SSSR count). The van der Waals surface area contributed by atoms with E-state index in [9.17, 15) is 4.79 Å². The van der Waals surface area contributed by atoms with Crippen molar-refractivity contribution in [2.75, 3.05) is 23.4 Å². The van der Waals surface area contributed by atoms with Crippen molar-refractivity contribution in [2.24, 2.45) is 4.99 Å². The third kappa shape index (κ3) is 3.81. The van der Waals surface area contributed by atoms with Crippen molar-refractivity contribution in [2.45, 2.75) is 13.3 Å². The van der Waals surface area contributed by atoms with Crippen molar-refractivity contribution in [1.29, 1.82) is 0 Å². The number of hydrogen-bond acceptors (Lipinski definition) is 5. The smallest absolute Gasteiger partial charge is 0.225 e. The fourth-order valence-electron chi connectivity index (χ4n) is 2.26. The van der Waals surface area contributed by atoms with E-state index in [4.69, 9.17) is 0 Å². The van der Waals surface area contributed by atoms with Gasteiger partial charge in [0.05, 0.1) is 17.7 Å². The van der Waals surface area contributed by atoms with Gasteiger partial charge in [0.2, 0.25) is 5.91 Å². The minimum absolute atomic E-state index is 0.0341. The number of amides is 1. The Kier molecular flexibility index (Phi) is 5.00. The molecule has 1 amide bonds. The minimum Gasteiger partial charge on any atom is -0.325 e. The maximum Gasteiger partial charge on any atom is 0.225 e. The van der Waals surface area contributed by atoms with E-state index in [0.717, 1.165) is 44.7 Å². The molecule has 0 aliphatic carbocycles. The Balaban J connectivity index is 1.63. The molecule has 0 radical (unpaired) electrons. The quantitative estimate of drug-likeness (QED) is 0.928. The van der Waals surface area contributed by atoms with Crippen molar-refractivity contribution in [3.63, 3.8) is 0 Å². The summed E-state index contributed by atoms with van der Waals surface area (Å²) in [5.41, 5.74) is 2.65. The van der Waals surface area contributed by atoms with Gasteiger partial charge in [-0.1, -0.05) is 41.7 Å². The Bertz CT molecular complexity index is 730. The van der Waals surface area contributed by atoms with Crippen LogP contribution in [-0.4, -0.2) is 33.3 Å². The van der Waals surface area contributed by atoms with Crippen LogP contribution in [0.4, 0.5) is 5.69 Å². The third-order valence-electron chi connectivity index (χ3n) is 3.23. The zero-order valence-corrected chi connectivity index (χ0v) is 14.0. The van der Waals surface area contributed by atoms with Crippen LogP contribution < -0.4 is 5.32 Å². The average Bonchev–Trinajstić information content (AvgIpc) is 3.00. The van der Waals surface area contributed by atoms with E-state index in [1.54, 1.807) is 23.5 Å². The molecule has 0 bridgehead atoms. The number of hydrogen-bond donors (Lipinski definition) is 1. The summed E-state index contributed by atoms with van der Waals surface area (Å²) >= 11 is 3.44. The van der Waals surface area contributed by atoms with Crippen LogP contribution in [0.5, 0.6) is 0 Å². The maximum absolute atomic E-state index is 12.1. The Hall–Kier alpha value is -1.53. The summed E-state index contributed by atoms with van der Waals surface area (Å²) in [6.07, 6.45) is 0.486. The predicted octanol–water partition coefficient (Wildman–Crippen LogP) is 3.71. The van der Waals surface area contributed by atoms with Crippen LogP contribution in [0.15, 0.2) is 35.3 Å². The second-order valence-corrected chi connectivity index (χ2v) is 7.40. The Morgan fingerprint density at radius 1 is 1.41 bits per heavy atom. The fourth-order valence-corrected chi connectivity index (χ4v) is 4.28. The highest BCUT2D eigenvalue weighted by atomic mass is 32.2. The van der Waals surface area contributed by atoms with Crippen LogP contribution >= 0.6 is 23.5 Å². The highest BCUT2D eigenvalue weighted by molar-refractivity contribution is 8.39. The number of rotatable bonds is 4. The zero-order chi connectivity index (χ0) is 15.4. The summed E-state index contributed by atoms with van der Waals surface area (Å²) in [6, 6.07) is 9.78. The van der Waals surface area contributed by atoms with E-state index in [1.165, 1.54) is 0 Å². The molecule has 1 N–H and O–H groups in total. The minimum atomic E-state index is 0.0341. The Morgan fingerprint density at radius 2 is 2.27 bits per heavy atom. The standard InChI is InChI=1S/C16H17N3OS2/c1-11-10-14(12-4-2-3-5-13(12)18-11)19-15(20)6-8-21-16-17-7-9-22-16/h2-5,10H,6-9H2,1H3,(H,18,19,20). The molecule has 1 aliphatic rings. The number of pyridine rings is 1. The average molecular weight is 331 g/mol. The highest BCUT2D eigenvalue weighted by Gasteiger charge is 2.10. The number of aliphatic imine (C=N–C) groups is 1. The molecule has 6 heteroatoms. The summed E-state index contributed by atoms with van der Waals surface area (Å²) < 4.78 is 1.11. The van der Waals surface area contributed by atoms with Gasteiger partial charge in [-0.05, 0) is 19.1 Å². The largest absolute Gasteiger partial charge is 0.325 e. The third-order valence-corrected chi connectivity index (χ3v) is 5.48. The number of thioether (sulfide) groups is 2. The van der Waals surface area contributed by atoms with E-state index in [0.29, 0.717) is 6.42 Å². The van der Waals surface area contributed by atoms with Crippen molar-refractivity contribution in [3.05, 3.63) is 36.0 Å². The summed E-state index contributed by atoms with van der Waals surface area (Å²) in [6.45, 7) is 2.84. The first kappa shape index (κ1) is 15.4. The number of nitrogens with one attached hydrogen (secondary N) is 1. The fraction of sp³-hybridized carbons (Fsp3) is 0.312. The first-order valence-electron chi connectivity index (χ1n) is 7.19. The van der Waals surface area contributed by atoms with Crippen LogP contribution in [0.25, 0.3) is 10.9 Å². The highest BCUT2D eigenvalue weighted by Crippen LogP contribution is 2.24. The number of anilines is 1. The van der Waals surface area contributed by atoms with Crippen molar-refractivity contribution < 1.29 is 4.79 Å². The SMILES string of the molecule is Cc1cc(NC(=O)CCSC2=NCCS2)c2ccccc2n1. The van der Waals surface area contributed by atoms with Crippen LogP contribution in [0.1, 0.15) is 12.1 Å². The molecule has 1 aliphatic heterocycles. The first-order chi connectivity index (χ1) is 10.7. The van der Waals surface area contributed by atoms with Crippen molar-refractivity contribution >= 4 is 50.4 Å². The van der Waals surface area contributed by atoms with Gasteiger partial charge in [0.15, 0.2) is 0 Å². The van der Waals surface area contributed by atoms with Crippen LogP contribution in [0, 0.1) is 6.92 Å². The van der Waals surface area contributed by atoms with Crippen LogP contribution in [0.2, 0.25) is 0 Å². The van der Waals surface area contributed by atoms with Crippen molar-refractivity contribution in [1.82, 2.24) is 4.98 Å². The topological polar surface area (TPSA) is 54.4 Å². The normalized spacial score (nSPS) is 14.1. The molecule has 0 atom stereocenters. The number of fused-ring (bicyclic) bond motifs is 1. The number of nitrogens with zero attached hydrogens (tertiary/aromatic N) is 2. The summed E-state index contributed by atoms with van der Waals surface area (Å²) in [5, 5.41) is 3.99. The Morgan fingerprint density at radius 3 is 3.09 bits per heavy atom. The molecule has 0 unspecified atom stereocenters. The molecule has 4 nitrogen and oxygen atoms in total. The molecule has 1 aromatic heterocycles. The van der Waals surface area contributed by atoms with Gasteiger partial charge < -0.3 is 5.32 Å². The summed E-state index contributed by atoms with van der Waals surface area (Å²) in [5.74, 6) is 1.86. The molecule has 1 aromatic carbocycles. The lowest BCUT2D eigenvalue weighted by molar-refractivity contribution is -0.115. The van der Waals surface area contributed by atoms with Gasteiger partial charge in [0, 0.05) is 29.0 Å². The molecule has 2 aromatic rings. The van der Waals surface area contributed by atoms with Crippen molar-refractivity contribution in [3.8, 4) is 0 Å². The molecular formula is C16H17N3OS2. The monoisotopic (exact) mass is 331 g/mol. The van der Waals surface area contributed by atoms with E-state index in [2.05, 4.69) is 15.3 Å². The van der Waals surface area contributed by atoms with E-state index in [1.807, 2.05) is 37.3 Å². The summed E-state index contributed by atoms with van der Waals surface area (Å²) in [4.78, 5) is 21.0. The van der Waals surface area contributed by atoms with E-state index < -0.39 is 0 Å². The molecular weight excluding hydrogens is 314 g/mol. The van der Waals surface area contributed by atoms with Gasteiger partial charge in [-0.15, -0.1) is 0 Å². The van der Waals surface area contributed by atoms with Crippen LogP contribution in [0.3, 0.4) is 0 Å². The molecule has 0 saturated heterocycles. The van der Waals surface area contributed by atoms with Gasteiger partial charge >= 0.3 is 0 Å². The predicted molar refractivity (Wildman–Crippen MR) is 96.9 cm³/mol. The van der Waals surface area contributed by atoms with Crippen LogP contribution in [-0.2, 0) is 4.79 Å². The number of carbonyl (C=O) groups excluding carboxylic acids is 1. The van der Waals surface area contributed by atoms with Gasteiger partial charge in [0.25, 0.3) is 0 Å². The second kappa shape index (κ2) is 7.15. The zero-order valence-electron chi connectivity index (χ0n) is 12.3. The van der Waals surface area contributed by atoms with Gasteiger partial charge in [-0.25, -0.2) is 0 Å². The number of carbonyl (C=O) groups is 1. The second-order valence-electron chi connectivity index (χ2n) is 4.97. The molecule has 0 spiro atoms. The number of benzene rings is 1. The van der Waals surface area contributed by atoms with Gasteiger partial charge in [-0.2, -0.15) is 0 Å². The molecule has 0 fully saturated rings. The van der Waals surface area contributed by atoms with Gasteiger partial charge in [-0.3, -0.25) is 14.8 Å². The molecule has 2 heterocycles. The number of aryl methyl sites for hydroxylation is 1. The lowest BCUT2D eigenvalue weighted by Crippen LogP contribution is -2.13. The lowest BCUT2D eigenvalue weighted by Gasteiger charge is -2.09. The molecule has 22 heavy (non-hydrogen) atoms. The van der Waals surface area contributed by atoms with E-state index >= 15 is 0 Å². The summed E-state index contributed by atoms with van der Waals surface area (Å²) in [7, 11) is 0. The number of aromatic nitrogens is 1. The maximum atomic E-state index is 12.1.